The summed E-state index contributed by atoms with van der Waals surface area (Å²) in [5, 5.41) is 0. The minimum atomic E-state index is -0.335. The minimum absolute atomic E-state index is 0.178. The maximum atomic E-state index is 13.7. The number of nitrogens with two attached hydrogens (primary N) is 1. The Kier molecular flexibility index (Phi) is 4.17. The first-order valence-corrected chi connectivity index (χ1v) is 6.69. The summed E-state index contributed by atoms with van der Waals surface area (Å²) >= 11 is 3.36. The van der Waals surface area contributed by atoms with Crippen molar-refractivity contribution in [2.45, 2.75) is 31.2 Å². The zero-order valence-corrected chi connectivity index (χ0v) is 11.3. The van der Waals surface area contributed by atoms with E-state index in [2.05, 4.69) is 15.9 Å². The molecule has 0 spiro atoms. The molecular weight excluding hydrogens is 285 g/mol. The molecule has 1 unspecified atom stereocenters. The highest BCUT2D eigenvalue weighted by molar-refractivity contribution is 9.10. The van der Waals surface area contributed by atoms with Crippen molar-refractivity contribution >= 4 is 15.9 Å². The Hall–Kier alpha value is -0.450. The minimum Gasteiger partial charge on any atom is -0.381 e. The van der Waals surface area contributed by atoms with E-state index in [1.165, 1.54) is 6.07 Å². The Balaban J connectivity index is 2.15. The highest BCUT2D eigenvalue weighted by Crippen LogP contribution is 2.26. The van der Waals surface area contributed by atoms with Gasteiger partial charge in [0.15, 0.2) is 0 Å². The third-order valence-corrected chi connectivity index (χ3v) is 3.75. The first-order chi connectivity index (χ1) is 8.09. The lowest BCUT2D eigenvalue weighted by Crippen LogP contribution is -2.42. The third-order valence-electron chi connectivity index (χ3n) is 3.26. The van der Waals surface area contributed by atoms with Gasteiger partial charge in [-0.2, -0.15) is 0 Å². The number of hydrogen-bond acceptors (Lipinski definition) is 2. The molecule has 0 amide bonds. The molecule has 0 radical (unpaired) electrons. The highest BCUT2D eigenvalue weighted by Gasteiger charge is 2.27. The van der Waals surface area contributed by atoms with E-state index in [9.17, 15) is 4.39 Å². The molecule has 0 bridgehead atoms. The van der Waals surface area contributed by atoms with Crippen molar-refractivity contribution in [1.29, 1.82) is 0 Å². The maximum Gasteiger partial charge on any atom is 0.126 e. The average molecular weight is 302 g/mol. The standard InChI is InChI=1S/C13H17BrFNO/c14-11-2-3-12(15)10(8-11)9-13(16)4-1-6-17-7-5-13/h2-3,8H,1,4-7,9,16H2. The average Bonchev–Trinajstić information content (AvgIpc) is 2.49. The molecule has 17 heavy (non-hydrogen) atoms. The van der Waals surface area contributed by atoms with Gasteiger partial charge in [-0.15, -0.1) is 0 Å². The van der Waals surface area contributed by atoms with E-state index >= 15 is 0 Å². The van der Waals surface area contributed by atoms with E-state index in [-0.39, 0.29) is 11.4 Å². The van der Waals surface area contributed by atoms with Crippen LogP contribution in [0, 0.1) is 5.82 Å². The smallest absolute Gasteiger partial charge is 0.126 e. The lowest BCUT2D eigenvalue weighted by molar-refractivity contribution is 0.139. The fourth-order valence-electron chi connectivity index (χ4n) is 2.26. The van der Waals surface area contributed by atoms with E-state index in [0.29, 0.717) is 18.6 Å². The van der Waals surface area contributed by atoms with E-state index in [1.807, 2.05) is 6.07 Å². The first kappa shape index (κ1) is 13.0. The van der Waals surface area contributed by atoms with Gasteiger partial charge >= 0.3 is 0 Å². The lowest BCUT2D eigenvalue weighted by Gasteiger charge is -2.27. The summed E-state index contributed by atoms with van der Waals surface area (Å²) < 4.78 is 20.0. The maximum absolute atomic E-state index is 13.7. The van der Waals surface area contributed by atoms with Gasteiger partial charge < -0.3 is 10.5 Å². The van der Waals surface area contributed by atoms with Crippen LogP contribution in [-0.4, -0.2) is 18.8 Å². The van der Waals surface area contributed by atoms with Crippen LogP contribution in [0.15, 0.2) is 22.7 Å². The molecule has 1 heterocycles. The topological polar surface area (TPSA) is 35.2 Å². The summed E-state index contributed by atoms with van der Waals surface area (Å²) in [7, 11) is 0. The fourth-order valence-corrected chi connectivity index (χ4v) is 2.67. The van der Waals surface area contributed by atoms with Crippen LogP contribution >= 0.6 is 15.9 Å². The summed E-state index contributed by atoms with van der Waals surface area (Å²) in [6, 6.07) is 5.00. The molecule has 2 rings (SSSR count). The SMILES string of the molecule is NC1(Cc2cc(Br)ccc2F)CCCOCC1. The van der Waals surface area contributed by atoms with Gasteiger partial charge in [-0.05, 0) is 49.4 Å². The van der Waals surface area contributed by atoms with Crippen molar-refractivity contribution < 1.29 is 9.13 Å². The van der Waals surface area contributed by atoms with Gasteiger partial charge in [0.2, 0.25) is 0 Å². The van der Waals surface area contributed by atoms with Gasteiger partial charge in [-0.1, -0.05) is 15.9 Å². The molecule has 2 N–H and O–H groups in total. The summed E-state index contributed by atoms with van der Waals surface area (Å²) in [5.41, 5.74) is 6.70. The molecule has 0 saturated carbocycles. The molecule has 4 heteroatoms. The highest BCUT2D eigenvalue weighted by atomic mass is 79.9. The molecule has 1 aliphatic heterocycles. The summed E-state index contributed by atoms with van der Waals surface area (Å²) in [5.74, 6) is -0.178. The zero-order chi connectivity index (χ0) is 12.3. The van der Waals surface area contributed by atoms with Crippen molar-refractivity contribution in [3.63, 3.8) is 0 Å². The van der Waals surface area contributed by atoms with Gasteiger partial charge in [0, 0.05) is 23.2 Å². The molecule has 94 valence electrons. The molecule has 0 aliphatic carbocycles. The molecule has 1 aliphatic rings. The number of halogens is 2. The number of ether oxygens (including phenoxy) is 1. The number of benzene rings is 1. The van der Waals surface area contributed by atoms with Crippen LogP contribution in [0.4, 0.5) is 4.39 Å². The van der Waals surface area contributed by atoms with Gasteiger partial charge in [-0.3, -0.25) is 0 Å². The van der Waals surface area contributed by atoms with E-state index in [1.54, 1.807) is 6.07 Å². The molecule has 1 fully saturated rings. The molecule has 2 nitrogen and oxygen atoms in total. The Morgan fingerprint density at radius 3 is 3.00 bits per heavy atom. The van der Waals surface area contributed by atoms with Crippen molar-refractivity contribution in [2.24, 2.45) is 5.73 Å². The first-order valence-electron chi connectivity index (χ1n) is 5.90. The van der Waals surface area contributed by atoms with Crippen LogP contribution in [0.25, 0.3) is 0 Å². The van der Waals surface area contributed by atoms with Gasteiger partial charge in [0.25, 0.3) is 0 Å². The quantitative estimate of drug-likeness (QED) is 0.911. The third kappa shape index (κ3) is 3.50. The van der Waals surface area contributed by atoms with Crippen LogP contribution in [0.2, 0.25) is 0 Å². The molecule has 0 aromatic heterocycles. The van der Waals surface area contributed by atoms with Crippen LogP contribution in [0.5, 0.6) is 0 Å². The predicted octanol–water partition coefficient (Wildman–Crippen LogP) is 3.03. The number of hydrogen-bond donors (Lipinski definition) is 1. The second-order valence-electron chi connectivity index (χ2n) is 4.74. The molecule has 1 saturated heterocycles. The van der Waals surface area contributed by atoms with Gasteiger partial charge in [0.05, 0.1) is 0 Å². The lowest BCUT2D eigenvalue weighted by atomic mass is 9.85. The van der Waals surface area contributed by atoms with E-state index in [4.69, 9.17) is 10.5 Å². The molecular formula is C13H17BrFNO. The van der Waals surface area contributed by atoms with Crippen LogP contribution < -0.4 is 5.73 Å². The number of rotatable bonds is 2. The normalized spacial score (nSPS) is 25.6. The van der Waals surface area contributed by atoms with Crippen LogP contribution in [-0.2, 0) is 11.2 Å². The van der Waals surface area contributed by atoms with Crippen molar-refractivity contribution in [2.75, 3.05) is 13.2 Å². The van der Waals surface area contributed by atoms with Crippen molar-refractivity contribution in [3.05, 3.63) is 34.1 Å². The van der Waals surface area contributed by atoms with E-state index in [0.717, 1.165) is 30.3 Å². The Morgan fingerprint density at radius 2 is 2.18 bits per heavy atom. The second kappa shape index (κ2) is 5.46. The van der Waals surface area contributed by atoms with E-state index < -0.39 is 0 Å². The Morgan fingerprint density at radius 1 is 1.35 bits per heavy atom. The summed E-state index contributed by atoms with van der Waals surface area (Å²) in [6.45, 7) is 1.44. The fraction of sp³-hybridized carbons (Fsp3) is 0.538. The van der Waals surface area contributed by atoms with Crippen molar-refractivity contribution in [1.82, 2.24) is 0 Å². The monoisotopic (exact) mass is 301 g/mol. The molecule has 1 atom stereocenters. The van der Waals surface area contributed by atoms with Gasteiger partial charge in [0.1, 0.15) is 5.82 Å². The van der Waals surface area contributed by atoms with Crippen molar-refractivity contribution in [3.8, 4) is 0 Å². The van der Waals surface area contributed by atoms with Crippen LogP contribution in [0.3, 0.4) is 0 Å². The summed E-state index contributed by atoms with van der Waals surface area (Å²) in [4.78, 5) is 0. The predicted molar refractivity (Wildman–Crippen MR) is 69.4 cm³/mol. The largest absolute Gasteiger partial charge is 0.381 e. The zero-order valence-electron chi connectivity index (χ0n) is 9.72. The summed E-state index contributed by atoms with van der Waals surface area (Å²) in [6.07, 6.45) is 3.20. The van der Waals surface area contributed by atoms with Gasteiger partial charge in [-0.25, -0.2) is 4.39 Å². The second-order valence-corrected chi connectivity index (χ2v) is 5.66. The Labute approximate surface area is 109 Å². The Bertz CT molecular complexity index is 389. The van der Waals surface area contributed by atoms with Crippen LogP contribution in [0.1, 0.15) is 24.8 Å². The molecule has 1 aromatic rings. The molecule has 1 aromatic carbocycles.